The Morgan fingerprint density at radius 2 is 0.655 bits per heavy atom. The summed E-state index contributed by atoms with van der Waals surface area (Å²) in [7, 11) is 0. The number of benzene rings is 4. The Morgan fingerprint density at radius 1 is 0.414 bits per heavy atom. The maximum absolute atomic E-state index is 2.47. The summed E-state index contributed by atoms with van der Waals surface area (Å²) >= 11 is 0. The molecule has 2 aliphatic rings. The summed E-state index contributed by atoms with van der Waals surface area (Å²) < 4.78 is 0. The minimum absolute atomic E-state index is 0.0331. The zero-order valence-corrected chi connectivity index (χ0v) is 16.9. The van der Waals surface area contributed by atoms with E-state index in [0.717, 1.165) is 0 Å². The summed E-state index contributed by atoms with van der Waals surface area (Å²) in [6.45, 7) is 4.94. The zero-order chi connectivity index (χ0) is 19.6. The van der Waals surface area contributed by atoms with Crippen molar-refractivity contribution in [3.8, 4) is 22.3 Å². The smallest absolute Gasteiger partial charge is 0.0162 e. The van der Waals surface area contributed by atoms with Gasteiger partial charge < -0.3 is 0 Å². The van der Waals surface area contributed by atoms with Crippen molar-refractivity contribution in [3.63, 3.8) is 0 Å². The molecule has 0 heterocycles. The maximum atomic E-state index is 2.47. The van der Waals surface area contributed by atoms with Crippen LogP contribution in [0, 0.1) is 5.41 Å². The van der Waals surface area contributed by atoms with Gasteiger partial charge in [-0.05, 0) is 49.9 Å². The second-order valence-corrected chi connectivity index (χ2v) is 9.04. The first-order valence-corrected chi connectivity index (χ1v) is 10.5. The van der Waals surface area contributed by atoms with Gasteiger partial charge in [-0.25, -0.2) is 0 Å². The number of fused-ring (bicyclic) bond motifs is 6. The second kappa shape index (κ2) is 5.94. The molecule has 0 atom stereocenters. The lowest BCUT2D eigenvalue weighted by atomic mass is 9.63. The highest BCUT2D eigenvalue weighted by Crippen LogP contribution is 2.62. The molecular formula is C29H24. The van der Waals surface area contributed by atoms with Crippen LogP contribution in [0.2, 0.25) is 0 Å². The summed E-state index contributed by atoms with van der Waals surface area (Å²) in [4.78, 5) is 0. The molecule has 29 heavy (non-hydrogen) atoms. The summed E-state index contributed by atoms with van der Waals surface area (Å²) in [6, 6.07) is 36.0. The van der Waals surface area contributed by atoms with Gasteiger partial charge in [0.1, 0.15) is 0 Å². The van der Waals surface area contributed by atoms with Crippen molar-refractivity contribution in [2.45, 2.75) is 25.7 Å². The van der Waals surface area contributed by atoms with Gasteiger partial charge in [-0.1, -0.05) is 111 Å². The van der Waals surface area contributed by atoms with E-state index in [4.69, 9.17) is 0 Å². The fourth-order valence-corrected chi connectivity index (χ4v) is 6.08. The largest absolute Gasteiger partial charge is 0.0619 e. The van der Waals surface area contributed by atoms with Crippen LogP contribution < -0.4 is 0 Å². The Hall–Kier alpha value is -3.12. The van der Waals surface area contributed by atoms with E-state index in [1.165, 1.54) is 44.5 Å². The fraction of sp³-hybridized carbons (Fsp3) is 0.172. The van der Waals surface area contributed by atoms with Gasteiger partial charge >= 0.3 is 0 Å². The van der Waals surface area contributed by atoms with Crippen LogP contribution in [0.3, 0.4) is 0 Å². The molecule has 0 saturated carbocycles. The predicted octanol–water partition coefficient (Wildman–Crippen LogP) is 7.64. The van der Waals surface area contributed by atoms with Crippen LogP contribution in [-0.4, -0.2) is 0 Å². The third-order valence-corrected chi connectivity index (χ3v) is 7.16. The van der Waals surface area contributed by atoms with Crippen LogP contribution in [-0.2, 0) is 0 Å². The average Bonchev–Trinajstić information content (AvgIpc) is 3.28. The molecule has 0 fully saturated rings. The first-order valence-electron chi connectivity index (χ1n) is 10.5. The number of hydrogen-bond acceptors (Lipinski definition) is 0. The molecular weight excluding hydrogens is 348 g/mol. The third kappa shape index (κ3) is 2.20. The van der Waals surface area contributed by atoms with Gasteiger partial charge in [0.15, 0.2) is 0 Å². The fourth-order valence-electron chi connectivity index (χ4n) is 6.08. The van der Waals surface area contributed by atoms with E-state index in [1.54, 1.807) is 0 Å². The van der Waals surface area contributed by atoms with Crippen LogP contribution in [0.15, 0.2) is 97.1 Å². The van der Waals surface area contributed by atoms with Gasteiger partial charge in [0.2, 0.25) is 0 Å². The highest BCUT2D eigenvalue weighted by Gasteiger charge is 2.47. The molecule has 2 aliphatic carbocycles. The van der Waals surface area contributed by atoms with Gasteiger partial charge in [0.25, 0.3) is 0 Å². The molecule has 0 bridgehead atoms. The van der Waals surface area contributed by atoms with Crippen LogP contribution in [0.25, 0.3) is 22.3 Å². The first kappa shape index (κ1) is 16.8. The topological polar surface area (TPSA) is 0 Å². The number of hydrogen-bond donors (Lipinski definition) is 0. The molecule has 0 saturated heterocycles. The van der Waals surface area contributed by atoms with Gasteiger partial charge in [0.05, 0.1) is 0 Å². The normalized spacial score (nSPS) is 15.0. The van der Waals surface area contributed by atoms with Crippen LogP contribution in [0.4, 0.5) is 0 Å². The van der Waals surface area contributed by atoms with Crippen LogP contribution in [0.5, 0.6) is 0 Å². The van der Waals surface area contributed by atoms with Crippen molar-refractivity contribution in [1.82, 2.24) is 0 Å². The Balaban J connectivity index is 1.61. The van der Waals surface area contributed by atoms with Gasteiger partial charge in [0, 0.05) is 11.8 Å². The summed E-state index contributed by atoms with van der Waals surface area (Å²) in [5.74, 6) is 0.748. The van der Waals surface area contributed by atoms with Crippen LogP contribution in [0.1, 0.15) is 47.9 Å². The lowest BCUT2D eigenvalue weighted by Gasteiger charge is -2.40. The molecule has 0 heteroatoms. The zero-order valence-electron chi connectivity index (χ0n) is 16.9. The van der Waals surface area contributed by atoms with Gasteiger partial charge in [-0.3, -0.25) is 0 Å². The quantitative estimate of drug-likeness (QED) is 0.339. The monoisotopic (exact) mass is 372 g/mol. The highest BCUT2D eigenvalue weighted by atomic mass is 14.5. The summed E-state index contributed by atoms with van der Waals surface area (Å²) in [6.07, 6.45) is 0. The van der Waals surface area contributed by atoms with Crippen molar-refractivity contribution in [2.24, 2.45) is 5.41 Å². The molecule has 0 unspecified atom stereocenters. The van der Waals surface area contributed by atoms with E-state index in [0.29, 0.717) is 11.8 Å². The first-order chi connectivity index (χ1) is 14.2. The van der Waals surface area contributed by atoms with Crippen molar-refractivity contribution >= 4 is 0 Å². The standard InChI is InChI=1S/C29H24/c1-29(2,27-23-15-7-3-11-19(23)20-12-4-8-16-24(20)27)28-25-17-9-5-13-21(25)22-14-6-10-18-26(22)28/h3-18,27-28H,1-2H3. The Morgan fingerprint density at radius 3 is 0.931 bits per heavy atom. The highest BCUT2D eigenvalue weighted by molar-refractivity contribution is 5.82. The Bertz CT molecular complexity index is 1060. The minimum Gasteiger partial charge on any atom is -0.0619 e. The van der Waals surface area contributed by atoms with E-state index in [2.05, 4.69) is 111 Å². The molecule has 0 radical (unpaired) electrons. The molecule has 4 aromatic rings. The molecule has 0 aromatic heterocycles. The SMILES string of the molecule is CC(C)(C1c2ccccc2-c2ccccc21)C1c2ccccc2-c2ccccc21. The molecule has 0 nitrogen and oxygen atoms in total. The van der Waals surface area contributed by atoms with E-state index >= 15 is 0 Å². The lowest BCUT2D eigenvalue weighted by Crippen LogP contribution is -2.29. The minimum atomic E-state index is 0.0331. The maximum Gasteiger partial charge on any atom is 0.0162 e. The van der Waals surface area contributed by atoms with E-state index in [9.17, 15) is 0 Å². The second-order valence-electron chi connectivity index (χ2n) is 9.04. The Labute approximate surface area is 172 Å². The van der Waals surface area contributed by atoms with E-state index in [-0.39, 0.29) is 5.41 Å². The molecule has 0 N–H and O–H groups in total. The summed E-state index contributed by atoms with van der Waals surface area (Å²) in [5.41, 5.74) is 11.5. The molecule has 4 aromatic carbocycles. The van der Waals surface area contributed by atoms with Crippen molar-refractivity contribution in [1.29, 1.82) is 0 Å². The molecule has 0 spiro atoms. The Kier molecular flexibility index (Phi) is 3.44. The van der Waals surface area contributed by atoms with Gasteiger partial charge in [-0.2, -0.15) is 0 Å². The average molecular weight is 373 g/mol. The van der Waals surface area contributed by atoms with E-state index < -0.39 is 0 Å². The summed E-state index contributed by atoms with van der Waals surface area (Å²) in [5, 5.41) is 0. The van der Waals surface area contributed by atoms with Crippen molar-refractivity contribution in [3.05, 3.63) is 119 Å². The van der Waals surface area contributed by atoms with Gasteiger partial charge in [-0.15, -0.1) is 0 Å². The lowest BCUT2D eigenvalue weighted by molar-refractivity contribution is 0.282. The molecule has 0 amide bonds. The third-order valence-electron chi connectivity index (χ3n) is 7.16. The predicted molar refractivity (Wildman–Crippen MR) is 121 cm³/mol. The molecule has 0 aliphatic heterocycles. The van der Waals surface area contributed by atoms with E-state index in [1.807, 2.05) is 0 Å². The van der Waals surface area contributed by atoms with Crippen LogP contribution >= 0.6 is 0 Å². The molecule has 6 rings (SSSR count). The van der Waals surface area contributed by atoms with Crippen molar-refractivity contribution < 1.29 is 0 Å². The van der Waals surface area contributed by atoms with Crippen molar-refractivity contribution in [2.75, 3.05) is 0 Å². The molecule has 140 valence electrons. The number of rotatable bonds is 2.